The fourth-order valence-electron chi connectivity index (χ4n) is 4.32. The van der Waals surface area contributed by atoms with Gasteiger partial charge in [0.25, 0.3) is 0 Å². The van der Waals surface area contributed by atoms with Gasteiger partial charge in [-0.2, -0.15) is 0 Å². The molecule has 0 saturated carbocycles. The molecule has 1 fully saturated rings. The van der Waals surface area contributed by atoms with Crippen molar-refractivity contribution in [1.82, 2.24) is 5.32 Å². The van der Waals surface area contributed by atoms with Gasteiger partial charge < -0.3 is 30.1 Å². The second-order valence-electron chi connectivity index (χ2n) is 8.93. The van der Waals surface area contributed by atoms with E-state index in [0.717, 1.165) is 18.6 Å². The van der Waals surface area contributed by atoms with Gasteiger partial charge in [0.15, 0.2) is 17.4 Å². The van der Waals surface area contributed by atoms with Crippen molar-refractivity contribution in [2.75, 3.05) is 6.54 Å². The van der Waals surface area contributed by atoms with Crippen molar-refractivity contribution in [3.8, 4) is 16.9 Å². The number of rotatable bonds is 7. The Balaban J connectivity index is 1.29. The Morgan fingerprint density at radius 2 is 1.92 bits per heavy atom. The Labute approximate surface area is 220 Å². The van der Waals surface area contributed by atoms with Crippen molar-refractivity contribution >= 4 is 28.7 Å². The van der Waals surface area contributed by atoms with Crippen molar-refractivity contribution in [2.45, 2.75) is 25.5 Å². The van der Waals surface area contributed by atoms with E-state index in [1.165, 1.54) is 0 Å². The van der Waals surface area contributed by atoms with Gasteiger partial charge in [-0.1, -0.05) is 29.4 Å². The number of nitrogens with two attached hydrogens (primary N) is 1. The minimum absolute atomic E-state index is 0.0371. The highest BCUT2D eigenvalue weighted by molar-refractivity contribution is 6.02. The van der Waals surface area contributed by atoms with Crippen molar-refractivity contribution in [2.24, 2.45) is 10.9 Å². The number of esters is 2. The molecule has 3 aromatic carbocycles. The van der Waals surface area contributed by atoms with Crippen LogP contribution in [0.4, 0.5) is 8.78 Å². The fraction of sp³-hybridized carbons (Fsp3) is 0.179. The number of amidine groups is 1. The number of nitrogens with zero attached hydrogens (tertiary/aromatic N) is 1. The highest BCUT2D eigenvalue weighted by atomic mass is 19.2. The van der Waals surface area contributed by atoms with E-state index in [1.807, 2.05) is 0 Å². The number of carbonyl (C=O) groups is 2. The van der Waals surface area contributed by atoms with Gasteiger partial charge >= 0.3 is 11.9 Å². The Hall–Kier alpha value is -4.77. The predicted octanol–water partition coefficient (Wildman–Crippen LogP) is 4.49. The summed E-state index contributed by atoms with van der Waals surface area (Å²) >= 11 is 0. The van der Waals surface area contributed by atoms with Crippen LogP contribution in [0.25, 0.3) is 22.1 Å². The molecule has 1 saturated heterocycles. The number of nitrogens with one attached hydrogen (secondary N) is 1. The Kier molecular flexibility index (Phi) is 7.24. The van der Waals surface area contributed by atoms with Crippen LogP contribution < -0.4 is 15.8 Å². The highest BCUT2D eigenvalue weighted by Crippen LogP contribution is 2.35. The topological polar surface area (TPSA) is 136 Å². The Morgan fingerprint density at radius 3 is 2.64 bits per heavy atom. The van der Waals surface area contributed by atoms with E-state index in [1.54, 1.807) is 48.5 Å². The van der Waals surface area contributed by atoms with E-state index < -0.39 is 29.6 Å². The molecule has 4 N–H and O–H groups in total. The predicted molar refractivity (Wildman–Crippen MR) is 136 cm³/mol. The molecule has 39 heavy (non-hydrogen) atoms. The van der Waals surface area contributed by atoms with Crippen LogP contribution in [0.15, 0.2) is 70.2 Å². The molecular weight excluding hydrogens is 512 g/mol. The molecule has 200 valence electrons. The van der Waals surface area contributed by atoms with Crippen molar-refractivity contribution < 1.29 is 37.5 Å². The molecule has 1 aromatic heterocycles. The second kappa shape index (κ2) is 10.9. The molecule has 1 aliphatic rings. The summed E-state index contributed by atoms with van der Waals surface area (Å²) in [5.41, 5.74) is 7.25. The Bertz CT molecular complexity index is 1580. The van der Waals surface area contributed by atoms with E-state index >= 15 is 0 Å². The molecule has 4 aromatic rings. The lowest BCUT2D eigenvalue weighted by Crippen LogP contribution is -2.33. The molecule has 5 rings (SSSR count). The molecule has 0 spiro atoms. The minimum atomic E-state index is -1.11. The number of hydrogen-bond donors (Lipinski definition) is 3. The first-order valence-electron chi connectivity index (χ1n) is 12.0. The number of benzene rings is 3. The number of carbonyl (C=O) groups excluding carboxylic acids is 2. The van der Waals surface area contributed by atoms with Crippen LogP contribution in [0.3, 0.4) is 0 Å². The average Bonchev–Trinajstić information content (AvgIpc) is 3.65. The molecule has 0 amide bonds. The van der Waals surface area contributed by atoms with E-state index in [0.29, 0.717) is 29.8 Å². The SMILES string of the molecule is NC(=NO)c1cc2c(F)c(F)cc(-c3ccc(OCc4cccc(C(=O)OC(=O)[C@@H]5CCCN5)c4)cc3)c2o1. The first-order chi connectivity index (χ1) is 18.8. The quantitative estimate of drug-likeness (QED) is 0.0787. The molecular formula is C28H23F2N3O6. The van der Waals surface area contributed by atoms with E-state index in [4.69, 9.17) is 24.8 Å². The summed E-state index contributed by atoms with van der Waals surface area (Å²) < 4.78 is 45.0. The van der Waals surface area contributed by atoms with E-state index in [2.05, 4.69) is 10.5 Å². The number of fused-ring (bicyclic) bond motifs is 1. The monoisotopic (exact) mass is 535 g/mol. The fourth-order valence-corrected chi connectivity index (χ4v) is 4.32. The molecule has 11 heteroatoms. The van der Waals surface area contributed by atoms with Crippen molar-refractivity contribution in [3.05, 3.63) is 89.2 Å². The summed E-state index contributed by atoms with van der Waals surface area (Å²) in [4.78, 5) is 24.5. The third kappa shape index (κ3) is 5.43. The van der Waals surface area contributed by atoms with Crippen LogP contribution in [0, 0.1) is 11.6 Å². The highest BCUT2D eigenvalue weighted by Gasteiger charge is 2.26. The molecule has 0 bridgehead atoms. The van der Waals surface area contributed by atoms with Gasteiger partial charge in [0, 0.05) is 5.56 Å². The lowest BCUT2D eigenvalue weighted by molar-refractivity contribution is -0.139. The molecule has 0 unspecified atom stereocenters. The molecule has 9 nitrogen and oxygen atoms in total. The van der Waals surface area contributed by atoms with Crippen LogP contribution in [-0.2, 0) is 16.1 Å². The first-order valence-corrected chi connectivity index (χ1v) is 12.0. The molecule has 2 heterocycles. The number of oxime groups is 1. The number of ether oxygens (including phenoxy) is 2. The minimum Gasteiger partial charge on any atom is -0.489 e. The zero-order chi connectivity index (χ0) is 27.5. The van der Waals surface area contributed by atoms with Gasteiger partial charge in [0.2, 0.25) is 5.84 Å². The van der Waals surface area contributed by atoms with Crippen LogP contribution >= 0.6 is 0 Å². The van der Waals surface area contributed by atoms with Gasteiger partial charge in [0.1, 0.15) is 24.0 Å². The third-order valence-corrected chi connectivity index (χ3v) is 6.33. The second-order valence-corrected chi connectivity index (χ2v) is 8.93. The zero-order valence-electron chi connectivity index (χ0n) is 20.4. The lowest BCUT2D eigenvalue weighted by atomic mass is 10.0. The largest absolute Gasteiger partial charge is 0.489 e. The van der Waals surface area contributed by atoms with Gasteiger partial charge in [0.05, 0.1) is 10.9 Å². The maximum absolute atomic E-state index is 14.4. The van der Waals surface area contributed by atoms with Crippen LogP contribution in [0.2, 0.25) is 0 Å². The maximum Gasteiger partial charge on any atom is 0.345 e. The average molecular weight is 536 g/mol. The van der Waals surface area contributed by atoms with Crippen molar-refractivity contribution in [1.29, 1.82) is 0 Å². The van der Waals surface area contributed by atoms with Gasteiger partial charge in [-0.05, 0) is 66.9 Å². The number of furan rings is 1. The summed E-state index contributed by atoms with van der Waals surface area (Å²) in [6.07, 6.45) is 1.49. The normalized spacial score (nSPS) is 15.4. The summed E-state index contributed by atoms with van der Waals surface area (Å²) in [7, 11) is 0. The molecule has 0 aliphatic carbocycles. The van der Waals surface area contributed by atoms with Gasteiger partial charge in [-0.25, -0.2) is 18.4 Å². The zero-order valence-corrected chi connectivity index (χ0v) is 20.4. The third-order valence-electron chi connectivity index (χ3n) is 6.33. The molecule has 1 aliphatic heterocycles. The standard InChI is InChI=1S/C28H23F2N3O6/c29-21-12-19(25-20(24(21)30)13-23(38-25)26(31)33-36)16-6-8-18(9-7-16)37-14-15-3-1-4-17(11-15)27(34)39-28(35)22-5-2-10-32-22/h1,3-4,6-9,11-13,22,32,36H,2,5,10,14H2,(H2,31,33)/t22-/m0/s1. The molecule has 0 radical (unpaired) electrons. The summed E-state index contributed by atoms with van der Waals surface area (Å²) in [6.45, 7) is 0.834. The lowest BCUT2D eigenvalue weighted by Gasteiger charge is -2.10. The van der Waals surface area contributed by atoms with E-state index in [-0.39, 0.29) is 40.3 Å². The van der Waals surface area contributed by atoms with Crippen LogP contribution in [0.5, 0.6) is 5.75 Å². The van der Waals surface area contributed by atoms with E-state index in [9.17, 15) is 18.4 Å². The summed E-state index contributed by atoms with van der Waals surface area (Å²) in [5, 5.41) is 14.6. The van der Waals surface area contributed by atoms with Crippen LogP contribution in [0.1, 0.15) is 34.5 Å². The first kappa shape index (κ1) is 25.9. The molecule has 1 atom stereocenters. The Morgan fingerprint density at radius 1 is 1.13 bits per heavy atom. The van der Waals surface area contributed by atoms with Crippen molar-refractivity contribution in [3.63, 3.8) is 0 Å². The smallest absolute Gasteiger partial charge is 0.345 e. The maximum atomic E-state index is 14.4. The summed E-state index contributed by atoms with van der Waals surface area (Å²) in [6, 6.07) is 14.8. The number of halogens is 2. The summed E-state index contributed by atoms with van der Waals surface area (Å²) in [5.74, 6) is -3.52. The van der Waals surface area contributed by atoms with Gasteiger partial charge in [-0.15, -0.1) is 0 Å². The number of hydrogen-bond acceptors (Lipinski definition) is 8. The van der Waals surface area contributed by atoms with Crippen LogP contribution in [-0.4, -0.2) is 35.6 Å². The van der Waals surface area contributed by atoms with Gasteiger partial charge in [-0.3, -0.25) is 0 Å².